The Labute approximate surface area is 134 Å². The minimum Gasteiger partial charge on any atom is -0.344 e. The van der Waals surface area contributed by atoms with Gasteiger partial charge in [-0.2, -0.15) is 0 Å². The summed E-state index contributed by atoms with van der Waals surface area (Å²) in [4.78, 5) is 2.39. The van der Waals surface area contributed by atoms with Gasteiger partial charge in [0, 0.05) is 12.7 Å². The van der Waals surface area contributed by atoms with Gasteiger partial charge in [-0.3, -0.25) is 5.01 Å². The first-order valence-electron chi connectivity index (χ1n) is 6.33. The maximum Gasteiger partial charge on any atom is 0.107 e. The Morgan fingerprint density at radius 3 is 2.45 bits per heavy atom. The fraction of sp³-hybridized carbons (Fsp3) is 0.538. The van der Waals surface area contributed by atoms with E-state index in [1.807, 2.05) is 23.4 Å². The van der Waals surface area contributed by atoms with Crippen molar-refractivity contribution < 1.29 is 0 Å². The van der Waals surface area contributed by atoms with Crippen LogP contribution >= 0.6 is 24.8 Å². The number of nitrogens with zero attached hydrogens (tertiary/aromatic N) is 2. The summed E-state index contributed by atoms with van der Waals surface area (Å²) in [5, 5.41) is 1.99. The zero-order chi connectivity index (χ0) is 12.3. The average molecular weight is 324 g/mol. The molecule has 0 fully saturated rings. The lowest BCUT2D eigenvalue weighted by Crippen LogP contribution is -2.54. The van der Waals surface area contributed by atoms with Crippen molar-refractivity contribution in [3.8, 4) is 0 Å². The Kier molecular flexibility index (Phi) is 10.2. The highest BCUT2D eigenvalue weighted by Crippen LogP contribution is 2.23. The second kappa shape index (κ2) is 9.39. The first kappa shape index (κ1) is 21.7. The smallest absolute Gasteiger partial charge is 0.107 e. The molecule has 2 heterocycles. The number of hydrogen-bond donors (Lipinski definition) is 3. The summed E-state index contributed by atoms with van der Waals surface area (Å²) >= 11 is 0. The molecule has 118 valence electrons. The van der Waals surface area contributed by atoms with E-state index in [9.17, 15) is 0 Å². The molecule has 0 saturated carbocycles. The second-order valence-electron chi connectivity index (χ2n) is 4.57. The molecule has 0 aromatic heterocycles. The van der Waals surface area contributed by atoms with Crippen LogP contribution in [-0.4, -0.2) is 35.2 Å². The molecule has 0 saturated heterocycles. The molecule has 5 nitrogen and oxygen atoms in total. The summed E-state index contributed by atoms with van der Waals surface area (Å²) in [5.74, 6) is 0. The Balaban J connectivity index is 0. The van der Waals surface area contributed by atoms with Crippen molar-refractivity contribution >= 4 is 24.8 Å². The SMILES string of the molecule is CCN(CC)CCC1(N)C=C2C=CC=CN2N1.Cl.Cl.N. The zero-order valence-electron chi connectivity index (χ0n) is 12.2. The van der Waals surface area contributed by atoms with Crippen molar-refractivity contribution in [1.29, 1.82) is 0 Å². The van der Waals surface area contributed by atoms with Gasteiger partial charge in [0.2, 0.25) is 0 Å². The van der Waals surface area contributed by atoms with Crippen LogP contribution in [0.25, 0.3) is 0 Å². The van der Waals surface area contributed by atoms with Gasteiger partial charge in [-0.15, -0.1) is 24.8 Å². The molecule has 0 aromatic rings. The monoisotopic (exact) mass is 323 g/mol. The first-order chi connectivity index (χ1) is 8.17. The van der Waals surface area contributed by atoms with E-state index in [0.29, 0.717) is 0 Å². The molecular formula is C13H27Cl2N5. The van der Waals surface area contributed by atoms with E-state index < -0.39 is 5.66 Å². The van der Waals surface area contributed by atoms with Crippen LogP contribution in [0.4, 0.5) is 0 Å². The summed E-state index contributed by atoms with van der Waals surface area (Å²) < 4.78 is 0. The molecule has 0 spiro atoms. The normalized spacial score (nSPS) is 22.6. The van der Waals surface area contributed by atoms with Crippen LogP contribution in [0.5, 0.6) is 0 Å². The van der Waals surface area contributed by atoms with E-state index in [1.54, 1.807) is 0 Å². The highest BCUT2D eigenvalue weighted by Gasteiger charge is 2.32. The lowest BCUT2D eigenvalue weighted by molar-refractivity contribution is 0.219. The lowest BCUT2D eigenvalue weighted by Gasteiger charge is -2.29. The van der Waals surface area contributed by atoms with Crippen LogP contribution in [0.1, 0.15) is 20.3 Å². The number of fused-ring (bicyclic) bond motifs is 1. The molecule has 0 amide bonds. The molecule has 1 unspecified atom stereocenters. The summed E-state index contributed by atoms with van der Waals surface area (Å²) in [6.45, 7) is 7.53. The van der Waals surface area contributed by atoms with Crippen molar-refractivity contribution in [2.75, 3.05) is 19.6 Å². The molecule has 2 aliphatic rings. The number of nitrogens with one attached hydrogen (secondary N) is 1. The Bertz CT molecular complexity index is 366. The van der Waals surface area contributed by atoms with Crippen LogP contribution in [-0.2, 0) is 0 Å². The van der Waals surface area contributed by atoms with E-state index in [4.69, 9.17) is 5.73 Å². The van der Waals surface area contributed by atoms with Gasteiger partial charge in [0.1, 0.15) is 5.66 Å². The van der Waals surface area contributed by atoms with E-state index in [1.165, 1.54) is 0 Å². The van der Waals surface area contributed by atoms with Crippen LogP contribution in [0.3, 0.4) is 0 Å². The summed E-state index contributed by atoms with van der Waals surface area (Å²) in [7, 11) is 0. The number of hydrogen-bond acceptors (Lipinski definition) is 5. The molecule has 0 aromatic carbocycles. The Hall–Kier alpha value is -0.560. The van der Waals surface area contributed by atoms with Crippen molar-refractivity contribution in [3.63, 3.8) is 0 Å². The fourth-order valence-corrected chi connectivity index (χ4v) is 2.21. The molecule has 0 aliphatic carbocycles. The van der Waals surface area contributed by atoms with Crippen LogP contribution in [0, 0.1) is 0 Å². The van der Waals surface area contributed by atoms with E-state index in [0.717, 1.165) is 31.8 Å². The van der Waals surface area contributed by atoms with Crippen molar-refractivity contribution in [1.82, 2.24) is 21.5 Å². The van der Waals surface area contributed by atoms with Gasteiger partial charge in [0.15, 0.2) is 0 Å². The fourth-order valence-electron chi connectivity index (χ4n) is 2.21. The van der Waals surface area contributed by atoms with Crippen LogP contribution in [0.2, 0.25) is 0 Å². The van der Waals surface area contributed by atoms with Gasteiger partial charge < -0.3 is 16.8 Å². The molecule has 0 bridgehead atoms. The van der Waals surface area contributed by atoms with Gasteiger partial charge in [-0.05, 0) is 37.7 Å². The maximum absolute atomic E-state index is 6.35. The van der Waals surface area contributed by atoms with Gasteiger partial charge in [0.05, 0.1) is 5.70 Å². The largest absolute Gasteiger partial charge is 0.344 e. The predicted octanol–water partition coefficient (Wildman–Crippen LogP) is 2.17. The summed E-state index contributed by atoms with van der Waals surface area (Å²) in [5.41, 5.74) is 10.4. The van der Waals surface area contributed by atoms with Crippen LogP contribution in [0.15, 0.2) is 36.2 Å². The number of nitrogens with two attached hydrogens (primary N) is 1. The van der Waals surface area contributed by atoms with Gasteiger partial charge >= 0.3 is 0 Å². The van der Waals surface area contributed by atoms with Crippen LogP contribution < -0.4 is 17.3 Å². The highest BCUT2D eigenvalue weighted by atomic mass is 35.5. The minimum atomic E-state index is -0.420. The molecular weight excluding hydrogens is 297 g/mol. The molecule has 0 radical (unpaired) electrons. The van der Waals surface area contributed by atoms with Gasteiger partial charge in [-0.25, -0.2) is 5.43 Å². The molecule has 2 rings (SSSR count). The summed E-state index contributed by atoms with van der Waals surface area (Å²) in [6, 6.07) is 0. The molecule has 6 N–H and O–H groups in total. The number of halogens is 2. The first-order valence-corrected chi connectivity index (χ1v) is 6.33. The third kappa shape index (κ3) is 5.09. The molecule has 1 atom stereocenters. The molecule has 7 heteroatoms. The average Bonchev–Trinajstić information content (AvgIpc) is 2.67. The third-order valence-electron chi connectivity index (χ3n) is 3.36. The lowest BCUT2D eigenvalue weighted by atomic mass is 10.1. The summed E-state index contributed by atoms with van der Waals surface area (Å²) in [6.07, 6.45) is 11.1. The number of rotatable bonds is 5. The third-order valence-corrected chi connectivity index (χ3v) is 3.36. The van der Waals surface area contributed by atoms with Gasteiger partial charge in [-0.1, -0.05) is 19.9 Å². The molecule has 20 heavy (non-hydrogen) atoms. The van der Waals surface area contributed by atoms with Crippen molar-refractivity contribution in [2.45, 2.75) is 25.9 Å². The quantitative estimate of drug-likeness (QED) is 0.722. The minimum absolute atomic E-state index is 0. The highest BCUT2D eigenvalue weighted by molar-refractivity contribution is 5.85. The number of allylic oxidation sites excluding steroid dienone is 3. The standard InChI is InChI=1S/C13H22N4.2ClH.H3N/c1-3-16(4-2)10-8-13(14)11-12-7-5-6-9-17(12)15-13;;;/h5-7,9,11,15H,3-4,8,10,14H2,1-2H3;2*1H;1H3. The topological polar surface area (TPSA) is 79.5 Å². The van der Waals surface area contributed by atoms with Gasteiger partial charge in [0.25, 0.3) is 0 Å². The maximum atomic E-state index is 6.35. The van der Waals surface area contributed by atoms with E-state index in [-0.39, 0.29) is 31.0 Å². The van der Waals surface area contributed by atoms with Crippen molar-refractivity contribution in [3.05, 3.63) is 36.2 Å². The Morgan fingerprint density at radius 2 is 1.90 bits per heavy atom. The van der Waals surface area contributed by atoms with Crippen molar-refractivity contribution in [2.24, 2.45) is 5.73 Å². The Morgan fingerprint density at radius 1 is 1.25 bits per heavy atom. The second-order valence-corrected chi connectivity index (χ2v) is 4.57. The molecule has 2 aliphatic heterocycles. The zero-order valence-corrected chi connectivity index (χ0v) is 13.8. The van der Waals surface area contributed by atoms with E-state index in [2.05, 4.69) is 36.3 Å². The van der Waals surface area contributed by atoms with E-state index >= 15 is 0 Å². The number of hydrazine groups is 1. The predicted molar refractivity (Wildman–Crippen MR) is 90.2 cm³/mol.